The highest BCUT2D eigenvalue weighted by Crippen LogP contribution is 2.33. The third-order valence-electron chi connectivity index (χ3n) is 3.83. The first-order chi connectivity index (χ1) is 12.0. The summed E-state index contributed by atoms with van der Waals surface area (Å²) in [6.07, 6.45) is 1.43. The molecule has 8 nitrogen and oxygen atoms in total. The van der Waals surface area contributed by atoms with Crippen LogP contribution in [0, 0.1) is 0 Å². The van der Waals surface area contributed by atoms with Crippen LogP contribution in [0.15, 0.2) is 23.1 Å². The molecule has 3 rings (SSSR count). The molecule has 1 aromatic carbocycles. The van der Waals surface area contributed by atoms with Crippen LogP contribution in [-0.2, 0) is 14.3 Å². The number of ether oxygens (including phenoxy) is 1. The standard InChI is InChI=1S/C16H16N2O6S/c19-11-2-1-10(7-12(11)20)8-13-15(22)18(16(23)25-13)9-14(21)17-3-5-24-6-4-17/h1-2,7-8,19-20H,3-6,9H2/b13-8+. The van der Waals surface area contributed by atoms with Crippen molar-refractivity contribution in [2.75, 3.05) is 32.8 Å². The van der Waals surface area contributed by atoms with E-state index in [-0.39, 0.29) is 28.9 Å². The number of aromatic hydroxyl groups is 2. The van der Waals surface area contributed by atoms with Crippen molar-refractivity contribution >= 4 is 34.9 Å². The number of nitrogens with zero attached hydrogens (tertiary/aromatic N) is 2. The number of hydrogen-bond acceptors (Lipinski definition) is 7. The van der Waals surface area contributed by atoms with E-state index >= 15 is 0 Å². The van der Waals surface area contributed by atoms with Crippen LogP contribution in [0.5, 0.6) is 11.5 Å². The van der Waals surface area contributed by atoms with E-state index in [9.17, 15) is 24.6 Å². The molecule has 0 aromatic heterocycles. The lowest BCUT2D eigenvalue weighted by Gasteiger charge is -2.28. The van der Waals surface area contributed by atoms with Crippen molar-refractivity contribution in [2.24, 2.45) is 0 Å². The molecule has 2 fully saturated rings. The Morgan fingerprint density at radius 3 is 2.60 bits per heavy atom. The number of amides is 3. The van der Waals surface area contributed by atoms with Crippen molar-refractivity contribution in [1.29, 1.82) is 0 Å². The van der Waals surface area contributed by atoms with Gasteiger partial charge >= 0.3 is 0 Å². The lowest BCUT2D eigenvalue weighted by Crippen LogP contribution is -2.46. The van der Waals surface area contributed by atoms with Crippen molar-refractivity contribution < 1.29 is 29.3 Å². The normalized spacial score (nSPS) is 19.8. The molecule has 0 saturated carbocycles. The molecule has 2 N–H and O–H groups in total. The van der Waals surface area contributed by atoms with E-state index in [1.807, 2.05) is 0 Å². The Kier molecular flexibility index (Phi) is 4.95. The van der Waals surface area contributed by atoms with Gasteiger partial charge in [-0.3, -0.25) is 19.3 Å². The van der Waals surface area contributed by atoms with Gasteiger partial charge in [-0.05, 0) is 35.5 Å². The van der Waals surface area contributed by atoms with Crippen molar-refractivity contribution in [2.45, 2.75) is 0 Å². The molecule has 0 spiro atoms. The Morgan fingerprint density at radius 2 is 1.92 bits per heavy atom. The number of imide groups is 1. The quantitative estimate of drug-likeness (QED) is 0.608. The van der Waals surface area contributed by atoms with Gasteiger partial charge in [0.25, 0.3) is 11.1 Å². The zero-order valence-electron chi connectivity index (χ0n) is 13.2. The van der Waals surface area contributed by atoms with Gasteiger partial charge in [-0.2, -0.15) is 0 Å². The van der Waals surface area contributed by atoms with E-state index in [0.29, 0.717) is 31.9 Å². The van der Waals surface area contributed by atoms with Crippen molar-refractivity contribution in [3.05, 3.63) is 28.7 Å². The molecule has 132 valence electrons. The third-order valence-corrected chi connectivity index (χ3v) is 4.74. The molecule has 0 bridgehead atoms. The highest BCUT2D eigenvalue weighted by molar-refractivity contribution is 8.18. The fourth-order valence-electron chi connectivity index (χ4n) is 2.47. The summed E-state index contributed by atoms with van der Waals surface area (Å²) in [5.74, 6) is -1.45. The van der Waals surface area contributed by atoms with Gasteiger partial charge < -0.3 is 19.8 Å². The van der Waals surface area contributed by atoms with Gasteiger partial charge in [0.05, 0.1) is 18.1 Å². The second kappa shape index (κ2) is 7.16. The smallest absolute Gasteiger partial charge is 0.294 e. The van der Waals surface area contributed by atoms with Crippen LogP contribution in [-0.4, -0.2) is 69.9 Å². The molecule has 0 unspecified atom stereocenters. The lowest BCUT2D eigenvalue weighted by atomic mass is 10.2. The lowest BCUT2D eigenvalue weighted by molar-refractivity contribution is -0.139. The Hall–Kier alpha value is -2.52. The summed E-state index contributed by atoms with van der Waals surface area (Å²) in [4.78, 5) is 39.3. The summed E-state index contributed by atoms with van der Waals surface area (Å²) in [5, 5.41) is 18.3. The van der Waals surface area contributed by atoms with Crippen LogP contribution in [0.1, 0.15) is 5.56 Å². The first kappa shape index (κ1) is 17.3. The van der Waals surface area contributed by atoms with Crippen LogP contribution >= 0.6 is 11.8 Å². The van der Waals surface area contributed by atoms with Crippen LogP contribution in [0.4, 0.5) is 4.79 Å². The highest BCUT2D eigenvalue weighted by Gasteiger charge is 2.37. The van der Waals surface area contributed by atoms with Gasteiger partial charge in [-0.25, -0.2) is 0 Å². The van der Waals surface area contributed by atoms with Crippen LogP contribution < -0.4 is 0 Å². The van der Waals surface area contributed by atoms with E-state index in [1.165, 1.54) is 24.3 Å². The summed E-state index contributed by atoms with van der Waals surface area (Å²) in [7, 11) is 0. The number of hydrogen-bond donors (Lipinski definition) is 2. The van der Waals surface area contributed by atoms with Crippen molar-refractivity contribution in [1.82, 2.24) is 9.80 Å². The van der Waals surface area contributed by atoms with E-state index in [1.54, 1.807) is 4.90 Å². The van der Waals surface area contributed by atoms with E-state index in [2.05, 4.69) is 0 Å². The average Bonchev–Trinajstić information content (AvgIpc) is 2.86. The number of carbonyl (C=O) groups is 3. The van der Waals surface area contributed by atoms with Gasteiger partial charge in [0.1, 0.15) is 6.54 Å². The molecule has 0 atom stereocenters. The number of morpholine rings is 1. The summed E-state index contributed by atoms with van der Waals surface area (Å²) in [6, 6.07) is 4.07. The van der Waals surface area contributed by atoms with E-state index in [4.69, 9.17) is 4.74 Å². The Balaban J connectivity index is 1.72. The van der Waals surface area contributed by atoms with E-state index < -0.39 is 11.1 Å². The number of rotatable bonds is 3. The van der Waals surface area contributed by atoms with Crippen molar-refractivity contribution in [3.63, 3.8) is 0 Å². The summed E-state index contributed by atoms with van der Waals surface area (Å²) in [6.45, 7) is 1.47. The molecule has 0 radical (unpaired) electrons. The minimum Gasteiger partial charge on any atom is -0.504 e. The molecule has 3 amide bonds. The number of thioether (sulfide) groups is 1. The Labute approximate surface area is 147 Å². The number of phenolic OH excluding ortho intramolecular Hbond substituents is 2. The minimum atomic E-state index is -0.552. The molecular formula is C16H16N2O6S. The average molecular weight is 364 g/mol. The molecular weight excluding hydrogens is 348 g/mol. The molecule has 1 aromatic rings. The molecule has 2 heterocycles. The van der Waals surface area contributed by atoms with Crippen LogP contribution in [0.25, 0.3) is 6.08 Å². The first-order valence-electron chi connectivity index (χ1n) is 7.58. The minimum absolute atomic E-state index is 0.157. The maximum atomic E-state index is 12.4. The third kappa shape index (κ3) is 3.77. The number of benzene rings is 1. The Morgan fingerprint density at radius 1 is 1.20 bits per heavy atom. The molecule has 9 heteroatoms. The number of phenols is 2. The Bertz CT molecular complexity index is 757. The van der Waals surface area contributed by atoms with Crippen LogP contribution in [0.3, 0.4) is 0 Å². The van der Waals surface area contributed by atoms with Gasteiger partial charge in [-0.15, -0.1) is 0 Å². The maximum absolute atomic E-state index is 12.4. The second-order valence-electron chi connectivity index (χ2n) is 5.51. The van der Waals surface area contributed by atoms with Gasteiger partial charge in [-0.1, -0.05) is 6.07 Å². The first-order valence-corrected chi connectivity index (χ1v) is 8.40. The molecule has 0 aliphatic carbocycles. The van der Waals surface area contributed by atoms with Gasteiger partial charge in [0.2, 0.25) is 5.91 Å². The highest BCUT2D eigenvalue weighted by atomic mass is 32.2. The molecule has 25 heavy (non-hydrogen) atoms. The zero-order valence-corrected chi connectivity index (χ0v) is 14.0. The second-order valence-corrected chi connectivity index (χ2v) is 6.50. The summed E-state index contributed by atoms with van der Waals surface area (Å²) in [5.41, 5.74) is 0.459. The summed E-state index contributed by atoms with van der Waals surface area (Å²) >= 11 is 0.734. The topological polar surface area (TPSA) is 107 Å². The SMILES string of the molecule is O=C(CN1C(=O)S/C(=C/c2ccc(O)c(O)c2)C1=O)N1CCOCC1. The monoisotopic (exact) mass is 364 g/mol. The fourth-order valence-corrected chi connectivity index (χ4v) is 3.30. The maximum Gasteiger partial charge on any atom is 0.294 e. The predicted octanol–water partition coefficient (Wildman–Crippen LogP) is 0.993. The number of carbonyl (C=O) groups excluding carboxylic acids is 3. The largest absolute Gasteiger partial charge is 0.504 e. The molecule has 2 saturated heterocycles. The zero-order chi connectivity index (χ0) is 18.0. The van der Waals surface area contributed by atoms with Gasteiger partial charge in [0, 0.05) is 13.1 Å². The van der Waals surface area contributed by atoms with E-state index in [0.717, 1.165) is 16.7 Å². The predicted molar refractivity (Wildman–Crippen MR) is 89.8 cm³/mol. The summed E-state index contributed by atoms with van der Waals surface area (Å²) < 4.78 is 5.17. The fraction of sp³-hybridized carbons (Fsp3) is 0.312. The van der Waals surface area contributed by atoms with Gasteiger partial charge in [0.15, 0.2) is 11.5 Å². The van der Waals surface area contributed by atoms with Crippen molar-refractivity contribution in [3.8, 4) is 11.5 Å². The molecule has 2 aliphatic rings. The van der Waals surface area contributed by atoms with Crippen LogP contribution in [0.2, 0.25) is 0 Å². The molecule has 2 aliphatic heterocycles.